The fourth-order valence-electron chi connectivity index (χ4n) is 3.28. The van der Waals surface area contributed by atoms with Crippen molar-refractivity contribution in [3.63, 3.8) is 0 Å². The molecule has 1 fully saturated rings. The number of para-hydroxylation sites is 1. The molecule has 2 aromatic carbocycles. The average Bonchev–Trinajstić information content (AvgIpc) is 2.68. The number of carbonyl (C=O) groups is 2. The van der Waals surface area contributed by atoms with Gasteiger partial charge in [-0.05, 0) is 36.8 Å². The molecule has 3 rings (SSSR count). The number of nitrogens with zero attached hydrogens (tertiary/aromatic N) is 2. The summed E-state index contributed by atoms with van der Waals surface area (Å²) in [4.78, 5) is 28.0. The standard InChI is InChI=1S/C21H23FN2O3/c1-2-5-19(25)15-8-9-18(17(22)14-15)23-10-12-24(13-11-23)21(27)16-6-3-4-7-20(16)26/h3-4,6-9,14,26H,2,5,10-13H2,1H3. The molecule has 0 aromatic heterocycles. The topological polar surface area (TPSA) is 60.9 Å². The fourth-order valence-corrected chi connectivity index (χ4v) is 3.28. The Balaban J connectivity index is 1.66. The smallest absolute Gasteiger partial charge is 0.257 e. The number of amides is 1. The molecular weight excluding hydrogens is 347 g/mol. The summed E-state index contributed by atoms with van der Waals surface area (Å²) in [6.07, 6.45) is 1.14. The molecule has 0 atom stereocenters. The molecule has 2 aromatic rings. The molecule has 1 aliphatic heterocycles. The number of benzene rings is 2. The van der Waals surface area contributed by atoms with Crippen molar-refractivity contribution in [2.75, 3.05) is 31.1 Å². The van der Waals surface area contributed by atoms with Crippen LogP contribution in [0.2, 0.25) is 0 Å². The van der Waals surface area contributed by atoms with E-state index in [0.717, 1.165) is 6.42 Å². The molecule has 0 radical (unpaired) electrons. The van der Waals surface area contributed by atoms with E-state index >= 15 is 0 Å². The predicted octanol–water partition coefficient (Wildman–Crippen LogP) is 3.48. The summed E-state index contributed by atoms with van der Waals surface area (Å²) in [5, 5.41) is 9.85. The maximum Gasteiger partial charge on any atom is 0.257 e. The summed E-state index contributed by atoms with van der Waals surface area (Å²) < 4.78 is 14.5. The number of rotatable bonds is 5. The van der Waals surface area contributed by atoms with Gasteiger partial charge in [-0.25, -0.2) is 4.39 Å². The summed E-state index contributed by atoms with van der Waals surface area (Å²) in [5.74, 6) is -0.740. The second-order valence-electron chi connectivity index (χ2n) is 6.64. The van der Waals surface area contributed by atoms with Crippen LogP contribution in [0.1, 0.15) is 40.5 Å². The molecule has 142 valence electrons. The van der Waals surface area contributed by atoms with E-state index in [0.29, 0.717) is 43.9 Å². The first-order valence-corrected chi connectivity index (χ1v) is 9.16. The number of hydrogen-bond acceptors (Lipinski definition) is 4. The van der Waals surface area contributed by atoms with Gasteiger partial charge in [0.2, 0.25) is 0 Å². The Labute approximate surface area is 158 Å². The minimum atomic E-state index is -0.419. The second-order valence-corrected chi connectivity index (χ2v) is 6.64. The van der Waals surface area contributed by atoms with E-state index in [-0.39, 0.29) is 23.0 Å². The van der Waals surface area contributed by atoms with Crippen molar-refractivity contribution in [3.05, 3.63) is 59.4 Å². The van der Waals surface area contributed by atoms with Crippen LogP contribution in [0.15, 0.2) is 42.5 Å². The summed E-state index contributed by atoms with van der Waals surface area (Å²) in [5.41, 5.74) is 1.11. The molecule has 1 N–H and O–H groups in total. The Bertz CT molecular complexity index is 845. The highest BCUT2D eigenvalue weighted by Crippen LogP contribution is 2.24. The molecule has 1 aliphatic rings. The summed E-state index contributed by atoms with van der Waals surface area (Å²) in [6.45, 7) is 3.75. The van der Waals surface area contributed by atoms with Gasteiger partial charge in [-0.2, -0.15) is 0 Å². The largest absolute Gasteiger partial charge is 0.507 e. The van der Waals surface area contributed by atoms with Gasteiger partial charge in [0.25, 0.3) is 5.91 Å². The Morgan fingerprint density at radius 2 is 1.78 bits per heavy atom. The van der Waals surface area contributed by atoms with Crippen molar-refractivity contribution >= 4 is 17.4 Å². The number of Topliss-reactive ketones (excluding diaryl/α,β-unsaturated/α-hetero) is 1. The number of aromatic hydroxyl groups is 1. The van der Waals surface area contributed by atoms with E-state index in [1.54, 1.807) is 35.2 Å². The molecule has 1 heterocycles. The molecule has 0 aliphatic carbocycles. The third kappa shape index (κ3) is 4.10. The molecule has 0 unspecified atom stereocenters. The normalized spacial score (nSPS) is 14.3. The van der Waals surface area contributed by atoms with Crippen LogP contribution in [0, 0.1) is 5.82 Å². The molecule has 6 heteroatoms. The number of anilines is 1. The van der Waals surface area contributed by atoms with E-state index in [2.05, 4.69) is 0 Å². The number of ketones is 1. The Hall–Kier alpha value is -2.89. The predicted molar refractivity (Wildman–Crippen MR) is 102 cm³/mol. The van der Waals surface area contributed by atoms with E-state index < -0.39 is 5.82 Å². The number of phenols is 1. The Morgan fingerprint density at radius 1 is 1.07 bits per heavy atom. The first kappa shape index (κ1) is 18.9. The first-order valence-electron chi connectivity index (χ1n) is 9.16. The third-order valence-electron chi connectivity index (χ3n) is 4.79. The van der Waals surface area contributed by atoms with Gasteiger partial charge in [-0.15, -0.1) is 0 Å². The lowest BCUT2D eigenvalue weighted by atomic mass is 10.1. The molecule has 1 amide bonds. The van der Waals surface area contributed by atoms with Crippen LogP contribution in [0.25, 0.3) is 0 Å². The van der Waals surface area contributed by atoms with Crippen molar-refractivity contribution in [1.82, 2.24) is 4.90 Å². The highest BCUT2D eigenvalue weighted by molar-refractivity contribution is 5.97. The van der Waals surface area contributed by atoms with Crippen LogP contribution in [-0.4, -0.2) is 47.9 Å². The number of piperazine rings is 1. The molecule has 0 spiro atoms. The minimum absolute atomic E-state index is 0.0386. The zero-order valence-electron chi connectivity index (χ0n) is 15.3. The number of carbonyl (C=O) groups excluding carboxylic acids is 2. The molecular formula is C21H23FN2O3. The van der Waals surface area contributed by atoms with Crippen LogP contribution in [0.3, 0.4) is 0 Å². The monoisotopic (exact) mass is 370 g/mol. The third-order valence-corrected chi connectivity index (χ3v) is 4.79. The van der Waals surface area contributed by atoms with Crippen LogP contribution in [0.5, 0.6) is 5.75 Å². The van der Waals surface area contributed by atoms with Crippen molar-refractivity contribution in [1.29, 1.82) is 0 Å². The minimum Gasteiger partial charge on any atom is -0.507 e. The molecule has 0 bridgehead atoms. The van der Waals surface area contributed by atoms with Crippen LogP contribution in [0.4, 0.5) is 10.1 Å². The van der Waals surface area contributed by atoms with Crippen molar-refractivity contribution in [3.8, 4) is 5.75 Å². The zero-order chi connectivity index (χ0) is 19.4. The van der Waals surface area contributed by atoms with E-state index in [1.807, 2.05) is 11.8 Å². The maximum atomic E-state index is 14.5. The second kappa shape index (κ2) is 8.20. The maximum absolute atomic E-state index is 14.5. The quantitative estimate of drug-likeness (QED) is 0.819. The fraction of sp³-hybridized carbons (Fsp3) is 0.333. The molecule has 0 saturated carbocycles. The molecule has 5 nitrogen and oxygen atoms in total. The van der Waals surface area contributed by atoms with Gasteiger partial charge in [0.05, 0.1) is 11.3 Å². The zero-order valence-corrected chi connectivity index (χ0v) is 15.3. The van der Waals surface area contributed by atoms with Gasteiger partial charge in [0, 0.05) is 38.2 Å². The van der Waals surface area contributed by atoms with Crippen LogP contribution < -0.4 is 4.90 Å². The van der Waals surface area contributed by atoms with Gasteiger partial charge >= 0.3 is 0 Å². The first-order chi connectivity index (χ1) is 13.0. The van der Waals surface area contributed by atoms with Crippen LogP contribution >= 0.6 is 0 Å². The summed E-state index contributed by atoms with van der Waals surface area (Å²) in [6, 6.07) is 11.1. The Kier molecular flexibility index (Phi) is 5.74. The Morgan fingerprint density at radius 3 is 2.41 bits per heavy atom. The number of hydrogen-bond donors (Lipinski definition) is 1. The van der Waals surface area contributed by atoms with E-state index in [4.69, 9.17) is 0 Å². The van der Waals surface area contributed by atoms with Gasteiger partial charge in [-0.3, -0.25) is 9.59 Å². The van der Waals surface area contributed by atoms with Gasteiger partial charge < -0.3 is 14.9 Å². The highest BCUT2D eigenvalue weighted by Gasteiger charge is 2.25. The summed E-state index contributed by atoms with van der Waals surface area (Å²) >= 11 is 0. The van der Waals surface area contributed by atoms with Crippen LogP contribution in [-0.2, 0) is 0 Å². The lowest BCUT2D eigenvalue weighted by molar-refractivity contribution is 0.0743. The van der Waals surface area contributed by atoms with Gasteiger partial charge in [-0.1, -0.05) is 19.1 Å². The van der Waals surface area contributed by atoms with Crippen molar-refractivity contribution < 1.29 is 19.1 Å². The number of halogens is 1. The van der Waals surface area contributed by atoms with Gasteiger partial charge in [0.1, 0.15) is 11.6 Å². The van der Waals surface area contributed by atoms with Crippen molar-refractivity contribution in [2.45, 2.75) is 19.8 Å². The lowest BCUT2D eigenvalue weighted by Crippen LogP contribution is -2.49. The average molecular weight is 370 g/mol. The van der Waals surface area contributed by atoms with E-state index in [9.17, 15) is 19.1 Å². The SMILES string of the molecule is CCCC(=O)c1ccc(N2CCN(C(=O)c3ccccc3O)CC2)c(F)c1. The molecule has 27 heavy (non-hydrogen) atoms. The summed E-state index contributed by atoms with van der Waals surface area (Å²) in [7, 11) is 0. The molecule has 1 saturated heterocycles. The van der Waals surface area contributed by atoms with E-state index in [1.165, 1.54) is 12.1 Å². The highest BCUT2D eigenvalue weighted by atomic mass is 19.1. The number of phenolic OH excluding ortho intramolecular Hbond substituents is 1. The van der Waals surface area contributed by atoms with Crippen molar-refractivity contribution in [2.24, 2.45) is 0 Å². The van der Waals surface area contributed by atoms with Gasteiger partial charge in [0.15, 0.2) is 5.78 Å². The lowest BCUT2D eigenvalue weighted by Gasteiger charge is -2.36.